The second kappa shape index (κ2) is 3.78. The molecular weight excluding hydrogens is 148 g/mol. The highest BCUT2D eigenvalue weighted by Gasteiger charge is 2.38. The normalized spacial score (nSPS) is 22.5. The third-order valence-corrected chi connectivity index (χ3v) is 2.97. The van der Waals surface area contributed by atoms with E-state index in [9.17, 15) is 0 Å². The van der Waals surface area contributed by atoms with E-state index in [2.05, 4.69) is 27.7 Å². The predicted octanol–water partition coefficient (Wildman–Crippen LogP) is 3.38. The van der Waals surface area contributed by atoms with E-state index in [1.165, 1.54) is 25.7 Å². The predicted molar refractivity (Wildman–Crippen MR) is 52.3 cm³/mol. The lowest BCUT2D eigenvalue weighted by atomic mass is 9.88. The first-order valence-corrected chi connectivity index (χ1v) is 5.25. The quantitative estimate of drug-likeness (QED) is 0.631. The molecule has 1 fully saturated rings. The fourth-order valence-electron chi connectivity index (χ4n) is 2.27. The average molecular weight is 170 g/mol. The van der Waals surface area contributed by atoms with Crippen LogP contribution >= 0.6 is 0 Å². The topological polar surface area (TPSA) is 9.23 Å². The number of hydrogen-bond donors (Lipinski definition) is 0. The SMILES string of the molecule is CC(C)OC1(C(C)C)CCCC1. The molecule has 1 saturated carbocycles. The molecule has 0 aromatic carbocycles. The van der Waals surface area contributed by atoms with Crippen LogP contribution in [-0.4, -0.2) is 11.7 Å². The van der Waals surface area contributed by atoms with Crippen molar-refractivity contribution < 1.29 is 4.74 Å². The zero-order valence-corrected chi connectivity index (χ0v) is 8.89. The number of rotatable bonds is 3. The molecule has 0 saturated heterocycles. The van der Waals surface area contributed by atoms with Crippen LogP contribution in [0.25, 0.3) is 0 Å². The molecule has 0 bridgehead atoms. The Morgan fingerprint density at radius 3 is 1.83 bits per heavy atom. The molecule has 1 aliphatic rings. The summed E-state index contributed by atoms with van der Waals surface area (Å²) >= 11 is 0. The van der Waals surface area contributed by atoms with Crippen LogP contribution in [-0.2, 0) is 4.74 Å². The first kappa shape index (κ1) is 10.0. The molecule has 72 valence electrons. The van der Waals surface area contributed by atoms with Crippen molar-refractivity contribution in [2.75, 3.05) is 0 Å². The summed E-state index contributed by atoms with van der Waals surface area (Å²) < 4.78 is 6.06. The standard InChI is InChI=1S/C11H22O/c1-9(2)11(12-10(3)4)7-5-6-8-11/h9-10H,5-8H2,1-4H3. The summed E-state index contributed by atoms with van der Waals surface area (Å²) in [5.74, 6) is 0.669. The van der Waals surface area contributed by atoms with Gasteiger partial charge in [0.05, 0.1) is 11.7 Å². The van der Waals surface area contributed by atoms with Gasteiger partial charge >= 0.3 is 0 Å². The lowest BCUT2D eigenvalue weighted by Crippen LogP contribution is -2.37. The Kier molecular flexibility index (Phi) is 3.16. The molecule has 1 heteroatoms. The van der Waals surface area contributed by atoms with Crippen molar-refractivity contribution >= 4 is 0 Å². The van der Waals surface area contributed by atoms with Gasteiger partial charge in [0, 0.05) is 0 Å². The lowest BCUT2D eigenvalue weighted by molar-refractivity contribution is -0.104. The highest BCUT2D eigenvalue weighted by Crippen LogP contribution is 2.39. The van der Waals surface area contributed by atoms with E-state index in [0.717, 1.165) is 0 Å². The summed E-state index contributed by atoms with van der Waals surface area (Å²) in [6.45, 7) is 8.85. The monoisotopic (exact) mass is 170 g/mol. The van der Waals surface area contributed by atoms with Crippen LogP contribution in [0, 0.1) is 5.92 Å². The molecule has 0 aromatic heterocycles. The molecule has 1 rings (SSSR count). The van der Waals surface area contributed by atoms with Crippen molar-refractivity contribution in [3.05, 3.63) is 0 Å². The van der Waals surface area contributed by atoms with Crippen molar-refractivity contribution in [1.82, 2.24) is 0 Å². The smallest absolute Gasteiger partial charge is 0.0708 e. The van der Waals surface area contributed by atoms with Gasteiger partial charge in [-0.1, -0.05) is 26.7 Å². The van der Waals surface area contributed by atoms with E-state index in [0.29, 0.717) is 12.0 Å². The molecule has 0 unspecified atom stereocenters. The Morgan fingerprint density at radius 2 is 1.50 bits per heavy atom. The minimum atomic E-state index is 0.216. The van der Waals surface area contributed by atoms with E-state index < -0.39 is 0 Å². The average Bonchev–Trinajstić information content (AvgIpc) is 2.35. The van der Waals surface area contributed by atoms with Gasteiger partial charge in [0.1, 0.15) is 0 Å². The van der Waals surface area contributed by atoms with Crippen molar-refractivity contribution in [3.8, 4) is 0 Å². The van der Waals surface area contributed by atoms with Gasteiger partial charge in [-0.15, -0.1) is 0 Å². The molecule has 0 spiro atoms. The molecule has 0 radical (unpaired) electrons. The summed E-state index contributed by atoms with van der Waals surface area (Å²) in [5.41, 5.74) is 0.216. The molecule has 0 aromatic rings. The maximum atomic E-state index is 6.06. The van der Waals surface area contributed by atoms with E-state index in [4.69, 9.17) is 4.74 Å². The van der Waals surface area contributed by atoms with Gasteiger partial charge in [-0.05, 0) is 32.6 Å². The summed E-state index contributed by atoms with van der Waals surface area (Å²) in [4.78, 5) is 0. The lowest BCUT2D eigenvalue weighted by Gasteiger charge is -2.35. The first-order chi connectivity index (χ1) is 5.57. The van der Waals surface area contributed by atoms with Crippen molar-refractivity contribution in [3.63, 3.8) is 0 Å². The van der Waals surface area contributed by atoms with Gasteiger partial charge in [0.2, 0.25) is 0 Å². The van der Waals surface area contributed by atoms with Crippen LogP contribution in [0.2, 0.25) is 0 Å². The van der Waals surface area contributed by atoms with Gasteiger partial charge in [-0.25, -0.2) is 0 Å². The second-order valence-electron chi connectivity index (χ2n) is 4.59. The molecule has 1 aliphatic carbocycles. The first-order valence-electron chi connectivity index (χ1n) is 5.25. The largest absolute Gasteiger partial charge is 0.372 e. The van der Waals surface area contributed by atoms with Crippen LogP contribution in [0.15, 0.2) is 0 Å². The molecule has 0 atom stereocenters. The Hall–Kier alpha value is -0.0400. The maximum Gasteiger partial charge on any atom is 0.0708 e. The van der Waals surface area contributed by atoms with Gasteiger partial charge in [0.25, 0.3) is 0 Å². The van der Waals surface area contributed by atoms with E-state index >= 15 is 0 Å². The Labute approximate surface area is 76.5 Å². The van der Waals surface area contributed by atoms with Gasteiger partial charge in [0.15, 0.2) is 0 Å². The molecule has 0 aliphatic heterocycles. The number of ether oxygens (including phenoxy) is 1. The summed E-state index contributed by atoms with van der Waals surface area (Å²) in [7, 11) is 0. The highest BCUT2D eigenvalue weighted by atomic mass is 16.5. The Bertz CT molecular complexity index is 132. The van der Waals surface area contributed by atoms with Gasteiger partial charge < -0.3 is 4.74 Å². The third-order valence-electron chi connectivity index (χ3n) is 2.97. The van der Waals surface area contributed by atoms with Crippen LogP contribution < -0.4 is 0 Å². The van der Waals surface area contributed by atoms with Crippen LogP contribution in [0.5, 0.6) is 0 Å². The molecular formula is C11H22O. The van der Waals surface area contributed by atoms with Crippen molar-refractivity contribution in [2.45, 2.75) is 65.1 Å². The highest BCUT2D eigenvalue weighted by molar-refractivity contribution is 4.89. The fraction of sp³-hybridized carbons (Fsp3) is 1.00. The molecule has 12 heavy (non-hydrogen) atoms. The Morgan fingerprint density at radius 1 is 1.00 bits per heavy atom. The summed E-state index contributed by atoms with van der Waals surface area (Å²) in [6, 6.07) is 0. The zero-order valence-electron chi connectivity index (χ0n) is 8.89. The van der Waals surface area contributed by atoms with Gasteiger partial charge in [-0.2, -0.15) is 0 Å². The maximum absolute atomic E-state index is 6.06. The van der Waals surface area contributed by atoms with E-state index in [-0.39, 0.29) is 5.60 Å². The van der Waals surface area contributed by atoms with Crippen LogP contribution in [0.1, 0.15) is 53.4 Å². The fourth-order valence-corrected chi connectivity index (χ4v) is 2.27. The van der Waals surface area contributed by atoms with Crippen LogP contribution in [0.4, 0.5) is 0 Å². The Balaban J connectivity index is 2.59. The number of hydrogen-bond acceptors (Lipinski definition) is 1. The minimum absolute atomic E-state index is 0.216. The zero-order chi connectivity index (χ0) is 9.19. The van der Waals surface area contributed by atoms with Crippen molar-refractivity contribution in [1.29, 1.82) is 0 Å². The molecule has 1 nitrogen and oxygen atoms in total. The van der Waals surface area contributed by atoms with Crippen molar-refractivity contribution in [2.24, 2.45) is 5.92 Å². The van der Waals surface area contributed by atoms with E-state index in [1.54, 1.807) is 0 Å². The molecule has 0 amide bonds. The van der Waals surface area contributed by atoms with Gasteiger partial charge in [-0.3, -0.25) is 0 Å². The third kappa shape index (κ3) is 2.01. The molecule has 0 heterocycles. The summed E-state index contributed by atoms with van der Waals surface area (Å²) in [5, 5.41) is 0. The van der Waals surface area contributed by atoms with Crippen LogP contribution in [0.3, 0.4) is 0 Å². The second-order valence-corrected chi connectivity index (χ2v) is 4.59. The minimum Gasteiger partial charge on any atom is -0.372 e. The molecule has 0 N–H and O–H groups in total. The van der Waals surface area contributed by atoms with E-state index in [1.807, 2.05) is 0 Å². The summed E-state index contributed by atoms with van der Waals surface area (Å²) in [6.07, 6.45) is 5.62.